The van der Waals surface area contributed by atoms with Gasteiger partial charge in [0.15, 0.2) is 0 Å². The van der Waals surface area contributed by atoms with E-state index < -0.39 is 21.7 Å². The van der Waals surface area contributed by atoms with Crippen molar-refractivity contribution in [1.82, 2.24) is 0 Å². The molecular weight excluding hydrogens is 322 g/mol. The molecule has 0 saturated carbocycles. The van der Waals surface area contributed by atoms with Gasteiger partial charge < -0.3 is 5.73 Å². The summed E-state index contributed by atoms with van der Waals surface area (Å²) in [5, 5.41) is -0.234. The molecule has 112 valence electrons. The molecule has 3 N–H and O–H groups in total. The van der Waals surface area contributed by atoms with E-state index in [2.05, 4.69) is 0 Å². The SMILES string of the molecule is NCc1cc(S(=O)(=O)Nc2ccccc2F)cc(F)c1Cl. The van der Waals surface area contributed by atoms with Crippen LogP contribution in [0, 0.1) is 11.6 Å². The van der Waals surface area contributed by atoms with Gasteiger partial charge in [-0.3, -0.25) is 4.72 Å². The van der Waals surface area contributed by atoms with Crippen LogP contribution in [0.4, 0.5) is 14.5 Å². The van der Waals surface area contributed by atoms with Crippen molar-refractivity contribution in [1.29, 1.82) is 0 Å². The second-order valence-electron chi connectivity index (χ2n) is 4.17. The molecule has 0 amide bonds. The predicted molar refractivity (Wildman–Crippen MR) is 76.5 cm³/mol. The lowest BCUT2D eigenvalue weighted by molar-refractivity contribution is 0.592. The van der Waals surface area contributed by atoms with E-state index in [0.29, 0.717) is 0 Å². The van der Waals surface area contributed by atoms with Crippen molar-refractivity contribution < 1.29 is 17.2 Å². The summed E-state index contributed by atoms with van der Waals surface area (Å²) in [6.45, 7) is -0.126. The molecule has 0 aliphatic heterocycles. The van der Waals surface area contributed by atoms with Gasteiger partial charge in [0.05, 0.1) is 15.6 Å². The summed E-state index contributed by atoms with van der Waals surface area (Å²) in [6.07, 6.45) is 0. The number of halogens is 3. The Labute approximate surface area is 125 Å². The Morgan fingerprint density at radius 2 is 1.81 bits per heavy atom. The summed E-state index contributed by atoms with van der Waals surface area (Å²) in [6, 6.07) is 7.14. The molecule has 0 heterocycles. The number of hydrogen-bond acceptors (Lipinski definition) is 3. The lowest BCUT2D eigenvalue weighted by Crippen LogP contribution is -2.15. The zero-order chi connectivity index (χ0) is 15.6. The minimum Gasteiger partial charge on any atom is -0.326 e. The van der Waals surface area contributed by atoms with Crippen LogP contribution in [0.1, 0.15) is 5.56 Å². The van der Waals surface area contributed by atoms with Crippen molar-refractivity contribution in [2.24, 2.45) is 5.73 Å². The largest absolute Gasteiger partial charge is 0.326 e. The molecule has 0 atom stereocenters. The van der Waals surface area contributed by atoms with E-state index in [1.807, 2.05) is 4.72 Å². The Morgan fingerprint density at radius 3 is 2.43 bits per heavy atom. The lowest BCUT2D eigenvalue weighted by atomic mass is 10.2. The van der Waals surface area contributed by atoms with Gasteiger partial charge in [0, 0.05) is 6.54 Å². The standard InChI is InChI=1S/C13H11ClF2N2O2S/c14-13-8(7-17)5-9(6-11(13)16)21(19,20)18-12-4-2-1-3-10(12)15/h1-6,18H,7,17H2. The molecule has 4 nitrogen and oxygen atoms in total. The molecule has 0 fully saturated rings. The average Bonchev–Trinajstić information content (AvgIpc) is 2.44. The van der Waals surface area contributed by atoms with Crippen LogP contribution in [0.5, 0.6) is 0 Å². The van der Waals surface area contributed by atoms with E-state index in [0.717, 1.165) is 18.2 Å². The Kier molecular flexibility index (Phi) is 4.46. The van der Waals surface area contributed by atoms with Gasteiger partial charge in [0.1, 0.15) is 11.6 Å². The quantitative estimate of drug-likeness (QED) is 0.904. The van der Waals surface area contributed by atoms with Crippen molar-refractivity contribution in [2.45, 2.75) is 11.4 Å². The number of anilines is 1. The van der Waals surface area contributed by atoms with Crippen molar-refractivity contribution in [3.63, 3.8) is 0 Å². The zero-order valence-electron chi connectivity index (χ0n) is 10.6. The minimum absolute atomic E-state index is 0.126. The van der Waals surface area contributed by atoms with E-state index >= 15 is 0 Å². The van der Waals surface area contributed by atoms with Crippen LogP contribution in [0.15, 0.2) is 41.3 Å². The van der Waals surface area contributed by atoms with Crippen LogP contribution < -0.4 is 10.5 Å². The molecule has 0 spiro atoms. The van der Waals surface area contributed by atoms with Crippen LogP contribution in [0.3, 0.4) is 0 Å². The number of nitrogens with two attached hydrogens (primary N) is 1. The fourth-order valence-electron chi connectivity index (χ4n) is 1.67. The second-order valence-corrected chi connectivity index (χ2v) is 6.23. The number of benzene rings is 2. The van der Waals surface area contributed by atoms with E-state index in [9.17, 15) is 17.2 Å². The first-order valence-electron chi connectivity index (χ1n) is 5.80. The fourth-order valence-corrected chi connectivity index (χ4v) is 2.98. The molecule has 2 aromatic rings. The Balaban J connectivity index is 2.45. The summed E-state index contributed by atoms with van der Waals surface area (Å²) in [7, 11) is -4.15. The summed E-state index contributed by atoms with van der Waals surface area (Å²) in [4.78, 5) is -0.381. The number of rotatable bonds is 4. The highest BCUT2D eigenvalue weighted by Crippen LogP contribution is 2.26. The normalized spacial score (nSPS) is 11.4. The van der Waals surface area contributed by atoms with Crippen molar-refractivity contribution in [3.8, 4) is 0 Å². The number of sulfonamides is 1. The Morgan fingerprint density at radius 1 is 1.14 bits per heavy atom. The molecule has 2 rings (SSSR count). The number of para-hydroxylation sites is 1. The molecule has 0 aromatic heterocycles. The van der Waals surface area contributed by atoms with Crippen molar-refractivity contribution >= 4 is 27.3 Å². The lowest BCUT2D eigenvalue weighted by Gasteiger charge is -2.11. The van der Waals surface area contributed by atoms with Gasteiger partial charge in [-0.2, -0.15) is 0 Å². The molecule has 0 aliphatic carbocycles. The van der Waals surface area contributed by atoms with Gasteiger partial charge in [-0.05, 0) is 29.8 Å². The predicted octanol–water partition coefficient (Wildman–Crippen LogP) is 2.88. The molecular formula is C13H11ClF2N2O2S. The van der Waals surface area contributed by atoms with Crippen molar-refractivity contribution in [3.05, 3.63) is 58.6 Å². The highest BCUT2D eigenvalue weighted by Gasteiger charge is 2.19. The third-order valence-electron chi connectivity index (χ3n) is 2.73. The highest BCUT2D eigenvalue weighted by atomic mass is 35.5. The minimum atomic E-state index is -4.15. The summed E-state index contributed by atoms with van der Waals surface area (Å²) >= 11 is 5.67. The highest BCUT2D eigenvalue weighted by molar-refractivity contribution is 7.92. The van der Waals surface area contributed by atoms with Gasteiger partial charge in [-0.1, -0.05) is 23.7 Å². The van der Waals surface area contributed by atoms with Crippen LogP contribution in [0.25, 0.3) is 0 Å². The first-order valence-corrected chi connectivity index (χ1v) is 7.66. The van der Waals surface area contributed by atoms with Crippen LogP contribution in [0.2, 0.25) is 5.02 Å². The van der Waals surface area contributed by atoms with E-state index in [4.69, 9.17) is 17.3 Å². The summed E-state index contributed by atoms with van der Waals surface area (Å²) in [5.74, 6) is -1.65. The molecule has 2 aromatic carbocycles. The fraction of sp³-hybridized carbons (Fsp3) is 0.0769. The summed E-state index contributed by atoms with van der Waals surface area (Å²) < 4.78 is 53.5. The molecule has 21 heavy (non-hydrogen) atoms. The third-order valence-corrected chi connectivity index (χ3v) is 4.49. The molecule has 0 saturated heterocycles. The van der Waals surface area contributed by atoms with Gasteiger partial charge in [-0.15, -0.1) is 0 Å². The van der Waals surface area contributed by atoms with Gasteiger partial charge in [0.2, 0.25) is 0 Å². The van der Waals surface area contributed by atoms with Crippen LogP contribution in [-0.2, 0) is 16.6 Å². The average molecular weight is 333 g/mol. The number of hydrogen-bond donors (Lipinski definition) is 2. The molecule has 8 heteroatoms. The zero-order valence-corrected chi connectivity index (χ0v) is 12.2. The Hall–Kier alpha value is -1.70. The topological polar surface area (TPSA) is 72.2 Å². The van der Waals surface area contributed by atoms with Gasteiger partial charge >= 0.3 is 0 Å². The van der Waals surface area contributed by atoms with E-state index in [1.54, 1.807) is 0 Å². The first-order chi connectivity index (χ1) is 9.85. The molecule has 0 unspecified atom stereocenters. The summed E-state index contributed by atoms with van der Waals surface area (Å²) in [5.41, 5.74) is 5.29. The van der Waals surface area contributed by atoms with E-state index in [-0.39, 0.29) is 27.7 Å². The smallest absolute Gasteiger partial charge is 0.262 e. The molecule has 0 radical (unpaired) electrons. The molecule has 0 bridgehead atoms. The monoisotopic (exact) mass is 332 g/mol. The second kappa shape index (κ2) is 5.97. The van der Waals surface area contributed by atoms with Gasteiger partial charge in [0.25, 0.3) is 10.0 Å². The first kappa shape index (κ1) is 15.7. The van der Waals surface area contributed by atoms with Crippen LogP contribution in [-0.4, -0.2) is 8.42 Å². The van der Waals surface area contributed by atoms with Gasteiger partial charge in [-0.25, -0.2) is 17.2 Å². The van der Waals surface area contributed by atoms with Crippen molar-refractivity contribution in [2.75, 3.05) is 4.72 Å². The Bertz CT molecular complexity index is 782. The van der Waals surface area contributed by atoms with Crippen LogP contribution >= 0.6 is 11.6 Å². The third kappa shape index (κ3) is 3.31. The maximum Gasteiger partial charge on any atom is 0.262 e. The van der Waals surface area contributed by atoms with E-state index in [1.165, 1.54) is 18.2 Å². The maximum absolute atomic E-state index is 13.6. The number of nitrogens with one attached hydrogen (secondary N) is 1. The maximum atomic E-state index is 13.6. The molecule has 0 aliphatic rings.